The van der Waals surface area contributed by atoms with E-state index in [4.69, 9.17) is 14.3 Å². The molecular weight excluding hydrogens is 254 g/mol. The Balaban J connectivity index is 2.15. The van der Waals surface area contributed by atoms with Gasteiger partial charge in [0.05, 0.1) is 19.8 Å². The number of ether oxygens (including phenoxy) is 1. The quantitative estimate of drug-likeness (QED) is 0.844. The Kier molecular flexibility index (Phi) is 5.17. The SMILES string of the molecule is COCCN(CCO)Cc1cc2cc(C)c(C)cc2o1. The fourth-order valence-electron chi connectivity index (χ4n) is 2.29. The van der Waals surface area contributed by atoms with Crippen molar-refractivity contribution in [1.29, 1.82) is 0 Å². The molecule has 0 saturated heterocycles. The van der Waals surface area contributed by atoms with Gasteiger partial charge in [0.2, 0.25) is 0 Å². The fraction of sp³-hybridized carbons (Fsp3) is 0.500. The lowest BCUT2D eigenvalue weighted by Crippen LogP contribution is -2.29. The molecule has 0 bridgehead atoms. The third-order valence-corrected chi connectivity index (χ3v) is 3.59. The Bertz CT molecular complexity index is 523. The van der Waals surface area contributed by atoms with Gasteiger partial charge in [-0.05, 0) is 43.2 Å². The maximum Gasteiger partial charge on any atom is 0.134 e. The van der Waals surface area contributed by atoms with Crippen LogP contribution in [0.2, 0.25) is 0 Å². The monoisotopic (exact) mass is 277 g/mol. The van der Waals surface area contributed by atoms with Gasteiger partial charge in [0.1, 0.15) is 11.3 Å². The van der Waals surface area contributed by atoms with Crippen molar-refractivity contribution in [1.82, 2.24) is 4.90 Å². The highest BCUT2D eigenvalue weighted by Gasteiger charge is 2.10. The van der Waals surface area contributed by atoms with Crippen molar-refractivity contribution in [2.75, 3.05) is 33.4 Å². The van der Waals surface area contributed by atoms with Crippen molar-refractivity contribution < 1.29 is 14.3 Å². The third-order valence-electron chi connectivity index (χ3n) is 3.59. The Morgan fingerprint density at radius 2 is 1.90 bits per heavy atom. The zero-order valence-electron chi connectivity index (χ0n) is 12.5. The minimum atomic E-state index is 0.141. The van der Waals surface area contributed by atoms with Crippen LogP contribution in [0.3, 0.4) is 0 Å². The lowest BCUT2D eigenvalue weighted by atomic mass is 10.1. The topological polar surface area (TPSA) is 45.8 Å². The van der Waals surface area contributed by atoms with E-state index in [0.29, 0.717) is 19.7 Å². The summed E-state index contributed by atoms with van der Waals surface area (Å²) >= 11 is 0. The molecule has 110 valence electrons. The third kappa shape index (κ3) is 3.60. The van der Waals surface area contributed by atoms with E-state index in [-0.39, 0.29) is 6.61 Å². The number of nitrogens with zero attached hydrogens (tertiary/aromatic N) is 1. The minimum Gasteiger partial charge on any atom is -0.460 e. The number of rotatable bonds is 7. The van der Waals surface area contributed by atoms with Crippen LogP contribution in [0.15, 0.2) is 22.6 Å². The summed E-state index contributed by atoms with van der Waals surface area (Å²) in [6.45, 7) is 7.09. The highest BCUT2D eigenvalue weighted by molar-refractivity contribution is 5.79. The summed E-state index contributed by atoms with van der Waals surface area (Å²) in [5, 5.41) is 10.3. The van der Waals surface area contributed by atoms with Crippen LogP contribution >= 0.6 is 0 Å². The molecule has 4 heteroatoms. The molecule has 0 spiro atoms. The molecule has 1 aromatic carbocycles. The fourth-order valence-corrected chi connectivity index (χ4v) is 2.29. The highest BCUT2D eigenvalue weighted by Crippen LogP contribution is 2.23. The van der Waals surface area contributed by atoms with E-state index in [1.54, 1.807) is 7.11 Å². The van der Waals surface area contributed by atoms with Crippen molar-refractivity contribution in [3.63, 3.8) is 0 Å². The van der Waals surface area contributed by atoms with Crippen molar-refractivity contribution in [2.24, 2.45) is 0 Å². The molecule has 2 aromatic rings. The number of methoxy groups -OCH3 is 1. The van der Waals surface area contributed by atoms with E-state index in [1.165, 1.54) is 11.1 Å². The standard InChI is InChI=1S/C16H23NO3/c1-12-8-14-10-15(20-16(14)9-13(12)2)11-17(4-6-18)5-7-19-3/h8-10,18H,4-7,11H2,1-3H3. The second kappa shape index (κ2) is 6.88. The summed E-state index contributed by atoms with van der Waals surface area (Å²) in [7, 11) is 1.68. The number of aliphatic hydroxyl groups is 1. The summed E-state index contributed by atoms with van der Waals surface area (Å²) in [6.07, 6.45) is 0. The maximum atomic E-state index is 9.11. The molecule has 1 heterocycles. The van der Waals surface area contributed by atoms with Gasteiger partial charge < -0.3 is 14.3 Å². The van der Waals surface area contributed by atoms with Gasteiger partial charge in [-0.3, -0.25) is 4.90 Å². The second-order valence-corrected chi connectivity index (χ2v) is 5.18. The largest absolute Gasteiger partial charge is 0.460 e. The smallest absolute Gasteiger partial charge is 0.134 e. The molecule has 0 amide bonds. The van der Waals surface area contributed by atoms with Gasteiger partial charge in [0.15, 0.2) is 0 Å². The molecule has 0 saturated carbocycles. The van der Waals surface area contributed by atoms with Gasteiger partial charge in [-0.1, -0.05) is 0 Å². The van der Waals surface area contributed by atoms with Crippen molar-refractivity contribution in [3.05, 3.63) is 35.1 Å². The molecule has 4 nitrogen and oxygen atoms in total. The first kappa shape index (κ1) is 15.0. The van der Waals surface area contributed by atoms with E-state index in [0.717, 1.165) is 23.3 Å². The van der Waals surface area contributed by atoms with Gasteiger partial charge in [0.25, 0.3) is 0 Å². The molecule has 0 aliphatic carbocycles. The predicted molar refractivity (Wildman–Crippen MR) is 79.9 cm³/mol. The summed E-state index contributed by atoms with van der Waals surface area (Å²) in [5.74, 6) is 0.926. The normalized spacial score (nSPS) is 11.7. The van der Waals surface area contributed by atoms with Crippen LogP contribution in [0, 0.1) is 13.8 Å². The number of fused-ring (bicyclic) bond motifs is 1. The Morgan fingerprint density at radius 1 is 1.15 bits per heavy atom. The summed E-state index contributed by atoms with van der Waals surface area (Å²) in [5.41, 5.74) is 3.44. The van der Waals surface area contributed by atoms with Crippen LogP contribution in [-0.4, -0.2) is 43.4 Å². The number of hydrogen-bond donors (Lipinski definition) is 1. The second-order valence-electron chi connectivity index (χ2n) is 5.18. The summed E-state index contributed by atoms with van der Waals surface area (Å²) in [4.78, 5) is 2.13. The average molecular weight is 277 g/mol. The Hall–Kier alpha value is -1.36. The van der Waals surface area contributed by atoms with Crippen LogP contribution in [0.1, 0.15) is 16.9 Å². The number of hydrogen-bond acceptors (Lipinski definition) is 4. The van der Waals surface area contributed by atoms with E-state index in [9.17, 15) is 0 Å². The molecule has 0 atom stereocenters. The van der Waals surface area contributed by atoms with Gasteiger partial charge in [-0.2, -0.15) is 0 Å². The molecule has 0 aliphatic rings. The van der Waals surface area contributed by atoms with Gasteiger partial charge in [0, 0.05) is 25.6 Å². The van der Waals surface area contributed by atoms with Crippen molar-refractivity contribution in [2.45, 2.75) is 20.4 Å². The van der Waals surface area contributed by atoms with Crippen molar-refractivity contribution in [3.8, 4) is 0 Å². The van der Waals surface area contributed by atoms with Gasteiger partial charge in [-0.15, -0.1) is 0 Å². The average Bonchev–Trinajstić information content (AvgIpc) is 2.78. The summed E-state index contributed by atoms with van der Waals surface area (Å²) < 4.78 is 11.0. The number of furan rings is 1. The zero-order chi connectivity index (χ0) is 14.5. The van der Waals surface area contributed by atoms with E-state index >= 15 is 0 Å². The van der Waals surface area contributed by atoms with Gasteiger partial charge in [-0.25, -0.2) is 0 Å². The van der Waals surface area contributed by atoms with E-state index < -0.39 is 0 Å². The molecule has 20 heavy (non-hydrogen) atoms. The Morgan fingerprint density at radius 3 is 2.60 bits per heavy atom. The lowest BCUT2D eigenvalue weighted by molar-refractivity contribution is 0.122. The first-order valence-electron chi connectivity index (χ1n) is 6.96. The molecule has 1 N–H and O–H groups in total. The number of benzene rings is 1. The van der Waals surface area contributed by atoms with Crippen LogP contribution in [0.5, 0.6) is 0 Å². The van der Waals surface area contributed by atoms with E-state index in [1.807, 2.05) is 0 Å². The molecule has 0 aliphatic heterocycles. The van der Waals surface area contributed by atoms with Crippen LogP contribution in [0.4, 0.5) is 0 Å². The lowest BCUT2D eigenvalue weighted by Gasteiger charge is -2.19. The molecule has 1 aromatic heterocycles. The molecule has 2 rings (SSSR count). The summed E-state index contributed by atoms with van der Waals surface area (Å²) in [6, 6.07) is 6.32. The van der Waals surface area contributed by atoms with Crippen molar-refractivity contribution >= 4 is 11.0 Å². The van der Waals surface area contributed by atoms with E-state index in [2.05, 4.69) is 36.9 Å². The minimum absolute atomic E-state index is 0.141. The number of aryl methyl sites for hydroxylation is 2. The van der Waals surface area contributed by atoms with Crippen LogP contribution < -0.4 is 0 Å². The molecular formula is C16H23NO3. The first-order chi connectivity index (χ1) is 9.63. The molecule has 0 fully saturated rings. The number of aliphatic hydroxyl groups excluding tert-OH is 1. The highest BCUT2D eigenvalue weighted by atomic mass is 16.5. The predicted octanol–water partition coefficient (Wildman–Crippen LogP) is 2.49. The van der Waals surface area contributed by atoms with Gasteiger partial charge >= 0.3 is 0 Å². The van der Waals surface area contributed by atoms with Crippen LogP contribution in [-0.2, 0) is 11.3 Å². The Labute approximate surface area is 119 Å². The first-order valence-corrected chi connectivity index (χ1v) is 6.96. The molecule has 0 radical (unpaired) electrons. The maximum absolute atomic E-state index is 9.11. The van der Waals surface area contributed by atoms with Crippen LogP contribution in [0.25, 0.3) is 11.0 Å². The zero-order valence-corrected chi connectivity index (χ0v) is 12.5. The molecule has 0 unspecified atom stereocenters.